The molecule has 118 valence electrons. The van der Waals surface area contributed by atoms with E-state index in [-0.39, 0.29) is 12.1 Å². The second-order valence-corrected chi connectivity index (χ2v) is 6.20. The number of carbonyl (C=O) groups excluding carboxylic acids is 2. The Morgan fingerprint density at radius 2 is 1.83 bits per heavy atom. The van der Waals surface area contributed by atoms with Crippen LogP contribution in [0.5, 0.6) is 0 Å². The lowest BCUT2D eigenvalue weighted by atomic mass is 10.3. The molecule has 1 unspecified atom stereocenters. The summed E-state index contributed by atoms with van der Waals surface area (Å²) in [5.41, 5.74) is 2.30. The topological polar surface area (TPSA) is 49.4 Å². The Balaban J connectivity index is 1.74. The SMILES string of the molecule is O=C1CC(Sc2ccccc2)C(=O)N1Nc1ccc(F)cc1F. The normalized spacial score (nSPS) is 17.7. The smallest absolute Gasteiger partial charge is 0.262 e. The Morgan fingerprint density at radius 3 is 2.52 bits per heavy atom. The fourth-order valence-electron chi connectivity index (χ4n) is 2.18. The average Bonchev–Trinajstić information content (AvgIpc) is 2.78. The number of halogens is 2. The van der Waals surface area contributed by atoms with E-state index in [0.29, 0.717) is 6.07 Å². The van der Waals surface area contributed by atoms with Crippen molar-refractivity contribution >= 4 is 29.3 Å². The Bertz CT molecular complexity index is 755. The second kappa shape index (κ2) is 6.37. The van der Waals surface area contributed by atoms with Crippen molar-refractivity contribution in [3.05, 3.63) is 60.2 Å². The van der Waals surface area contributed by atoms with Crippen molar-refractivity contribution in [3.8, 4) is 0 Å². The third-order valence-corrected chi connectivity index (χ3v) is 4.49. The molecule has 0 spiro atoms. The first-order valence-corrected chi connectivity index (χ1v) is 7.73. The molecule has 2 amide bonds. The third kappa shape index (κ3) is 3.34. The second-order valence-electron chi connectivity index (χ2n) is 4.93. The molecule has 1 atom stereocenters. The van der Waals surface area contributed by atoms with Gasteiger partial charge in [0.05, 0.1) is 17.4 Å². The highest BCUT2D eigenvalue weighted by molar-refractivity contribution is 8.00. The molecule has 7 heteroatoms. The molecule has 1 aliphatic heterocycles. The lowest BCUT2D eigenvalue weighted by Crippen LogP contribution is -2.36. The third-order valence-electron chi connectivity index (χ3n) is 3.29. The number of amides is 2. The molecule has 1 heterocycles. The number of anilines is 1. The molecule has 2 aromatic carbocycles. The Morgan fingerprint density at radius 1 is 1.09 bits per heavy atom. The molecule has 3 rings (SSSR count). The van der Waals surface area contributed by atoms with Crippen LogP contribution in [0.15, 0.2) is 53.4 Å². The number of nitrogens with one attached hydrogen (secondary N) is 1. The van der Waals surface area contributed by atoms with Crippen molar-refractivity contribution in [2.24, 2.45) is 0 Å². The number of imide groups is 1. The Kier molecular flexibility index (Phi) is 4.29. The van der Waals surface area contributed by atoms with Crippen LogP contribution in [0.3, 0.4) is 0 Å². The molecule has 0 aliphatic carbocycles. The van der Waals surface area contributed by atoms with Gasteiger partial charge in [0.1, 0.15) is 5.82 Å². The Labute approximate surface area is 135 Å². The van der Waals surface area contributed by atoms with Crippen LogP contribution in [0.4, 0.5) is 14.5 Å². The molecule has 1 saturated heterocycles. The van der Waals surface area contributed by atoms with E-state index >= 15 is 0 Å². The summed E-state index contributed by atoms with van der Waals surface area (Å²) in [7, 11) is 0. The molecule has 1 fully saturated rings. The van der Waals surface area contributed by atoms with E-state index in [1.165, 1.54) is 11.8 Å². The molecule has 0 saturated carbocycles. The summed E-state index contributed by atoms with van der Waals surface area (Å²) in [4.78, 5) is 25.2. The van der Waals surface area contributed by atoms with Gasteiger partial charge in [-0.15, -0.1) is 11.8 Å². The largest absolute Gasteiger partial charge is 0.286 e. The summed E-state index contributed by atoms with van der Waals surface area (Å²) in [6.07, 6.45) is 0.0220. The standard InChI is InChI=1S/C16H12F2N2O2S/c17-10-6-7-13(12(18)8-10)19-20-15(21)9-14(16(20)22)23-11-4-2-1-3-5-11/h1-8,14,19H,9H2. The van der Waals surface area contributed by atoms with Crippen LogP contribution in [-0.2, 0) is 9.59 Å². The van der Waals surface area contributed by atoms with E-state index in [9.17, 15) is 18.4 Å². The number of nitrogens with zero attached hydrogens (tertiary/aromatic N) is 1. The van der Waals surface area contributed by atoms with Crippen LogP contribution in [0, 0.1) is 11.6 Å². The zero-order valence-electron chi connectivity index (χ0n) is 11.8. The van der Waals surface area contributed by atoms with Crippen molar-refractivity contribution < 1.29 is 18.4 Å². The lowest BCUT2D eigenvalue weighted by Gasteiger charge is -2.17. The Hall–Kier alpha value is -2.41. The summed E-state index contributed by atoms with van der Waals surface area (Å²) >= 11 is 1.28. The predicted molar refractivity (Wildman–Crippen MR) is 82.5 cm³/mol. The maximum absolute atomic E-state index is 13.6. The van der Waals surface area contributed by atoms with E-state index < -0.39 is 28.7 Å². The van der Waals surface area contributed by atoms with Crippen LogP contribution in [0.1, 0.15) is 6.42 Å². The van der Waals surface area contributed by atoms with Gasteiger partial charge >= 0.3 is 0 Å². The molecule has 0 radical (unpaired) electrons. The van der Waals surface area contributed by atoms with Crippen molar-refractivity contribution in [2.75, 3.05) is 5.43 Å². The van der Waals surface area contributed by atoms with E-state index in [1.54, 1.807) is 0 Å². The van der Waals surface area contributed by atoms with Gasteiger partial charge in [-0.3, -0.25) is 15.0 Å². The number of thioether (sulfide) groups is 1. The first kappa shape index (κ1) is 15.5. The van der Waals surface area contributed by atoms with E-state index in [4.69, 9.17) is 0 Å². The first-order chi connectivity index (χ1) is 11.0. The van der Waals surface area contributed by atoms with Gasteiger partial charge in [-0.25, -0.2) is 8.78 Å². The molecule has 1 N–H and O–H groups in total. The van der Waals surface area contributed by atoms with E-state index in [2.05, 4.69) is 5.43 Å². The quantitative estimate of drug-likeness (QED) is 0.873. The predicted octanol–water partition coefficient (Wildman–Crippen LogP) is 3.21. The highest BCUT2D eigenvalue weighted by Gasteiger charge is 2.39. The van der Waals surface area contributed by atoms with Crippen molar-refractivity contribution in [1.29, 1.82) is 0 Å². The number of rotatable bonds is 4. The molecular weight excluding hydrogens is 322 g/mol. The van der Waals surface area contributed by atoms with Gasteiger partial charge in [-0.1, -0.05) is 18.2 Å². The van der Waals surface area contributed by atoms with Gasteiger partial charge in [-0.05, 0) is 24.3 Å². The summed E-state index contributed by atoms with van der Waals surface area (Å²) < 4.78 is 26.5. The molecule has 0 bridgehead atoms. The van der Waals surface area contributed by atoms with Crippen molar-refractivity contribution in [1.82, 2.24) is 5.01 Å². The summed E-state index contributed by atoms with van der Waals surface area (Å²) in [6.45, 7) is 0. The van der Waals surface area contributed by atoms with Crippen LogP contribution in [-0.4, -0.2) is 22.1 Å². The van der Waals surface area contributed by atoms with Crippen LogP contribution >= 0.6 is 11.8 Å². The number of carbonyl (C=O) groups is 2. The number of hydrogen-bond acceptors (Lipinski definition) is 4. The van der Waals surface area contributed by atoms with E-state index in [0.717, 1.165) is 22.0 Å². The average molecular weight is 334 g/mol. The highest BCUT2D eigenvalue weighted by atomic mass is 32.2. The van der Waals surface area contributed by atoms with Gasteiger partial charge < -0.3 is 0 Å². The highest BCUT2D eigenvalue weighted by Crippen LogP contribution is 2.31. The first-order valence-electron chi connectivity index (χ1n) is 6.85. The van der Waals surface area contributed by atoms with Crippen molar-refractivity contribution in [3.63, 3.8) is 0 Å². The van der Waals surface area contributed by atoms with E-state index in [1.807, 2.05) is 30.3 Å². The fourth-order valence-corrected chi connectivity index (χ4v) is 3.25. The van der Waals surface area contributed by atoms with Gasteiger partial charge in [0.25, 0.3) is 5.91 Å². The minimum Gasteiger partial charge on any atom is -0.286 e. The number of hydrogen-bond donors (Lipinski definition) is 1. The summed E-state index contributed by atoms with van der Waals surface area (Å²) in [6, 6.07) is 12.1. The van der Waals surface area contributed by atoms with Crippen molar-refractivity contribution in [2.45, 2.75) is 16.6 Å². The van der Waals surface area contributed by atoms with Gasteiger partial charge in [-0.2, -0.15) is 5.01 Å². The van der Waals surface area contributed by atoms with Crippen LogP contribution in [0.25, 0.3) is 0 Å². The molecule has 4 nitrogen and oxygen atoms in total. The molecule has 0 aromatic heterocycles. The zero-order chi connectivity index (χ0) is 16.4. The minimum atomic E-state index is -0.871. The monoisotopic (exact) mass is 334 g/mol. The number of hydrazine groups is 1. The molecule has 2 aromatic rings. The molecule has 23 heavy (non-hydrogen) atoms. The maximum atomic E-state index is 13.6. The fraction of sp³-hybridized carbons (Fsp3) is 0.125. The van der Waals surface area contributed by atoms with Gasteiger partial charge in [0.2, 0.25) is 5.91 Å². The van der Waals surface area contributed by atoms with Gasteiger partial charge in [0, 0.05) is 11.0 Å². The zero-order valence-corrected chi connectivity index (χ0v) is 12.6. The van der Waals surface area contributed by atoms with Crippen LogP contribution < -0.4 is 5.43 Å². The van der Waals surface area contributed by atoms with Gasteiger partial charge in [0.15, 0.2) is 5.82 Å². The summed E-state index contributed by atoms with van der Waals surface area (Å²) in [5, 5.41) is 0.220. The maximum Gasteiger partial charge on any atom is 0.262 e. The molecular formula is C16H12F2N2O2S. The number of benzene rings is 2. The van der Waals surface area contributed by atoms with Crippen LogP contribution in [0.2, 0.25) is 0 Å². The lowest BCUT2D eigenvalue weighted by molar-refractivity contribution is -0.136. The summed E-state index contributed by atoms with van der Waals surface area (Å²) in [5.74, 6) is -2.51. The molecule has 1 aliphatic rings. The minimum absolute atomic E-state index is 0.0220.